The molecular weight excluding hydrogens is 198 g/mol. The second-order valence-electron chi connectivity index (χ2n) is 3.77. The van der Waals surface area contributed by atoms with Crippen LogP contribution in [0.4, 0.5) is 0 Å². The molecule has 0 amide bonds. The van der Waals surface area contributed by atoms with Gasteiger partial charge >= 0.3 is 5.97 Å². The maximum absolute atomic E-state index is 10.6. The lowest BCUT2D eigenvalue weighted by molar-refractivity contribution is -0.141. The number of ether oxygens (including phenoxy) is 1. The summed E-state index contributed by atoms with van der Waals surface area (Å²) in [4.78, 5) is 12.4. The SMILES string of the molecule is CCOCC(O)CN(C)CC(C)C(=O)O. The summed E-state index contributed by atoms with van der Waals surface area (Å²) in [6.07, 6.45) is -0.559. The minimum Gasteiger partial charge on any atom is -0.481 e. The molecule has 0 aromatic rings. The van der Waals surface area contributed by atoms with Crippen molar-refractivity contribution in [2.45, 2.75) is 20.0 Å². The van der Waals surface area contributed by atoms with Crippen molar-refractivity contribution < 1.29 is 19.7 Å². The van der Waals surface area contributed by atoms with Gasteiger partial charge < -0.3 is 19.8 Å². The van der Waals surface area contributed by atoms with Gasteiger partial charge in [0.05, 0.1) is 18.6 Å². The first-order valence-electron chi connectivity index (χ1n) is 5.14. The number of hydrogen-bond acceptors (Lipinski definition) is 4. The normalized spacial score (nSPS) is 15.3. The first kappa shape index (κ1) is 14.3. The highest BCUT2D eigenvalue weighted by atomic mass is 16.5. The molecule has 0 aliphatic rings. The summed E-state index contributed by atoms with van der Waals surface area (Å²) in [5.41, 5.74) is 0. The lowest BCUT2D eigenvalue weighted by atomic mass is 10.1. The molecule has 5 nitrogen and oxygen atoms in total. The smallest absolute Gasteiger partial charge is 0.307 e. The van der Waals surface area contributed by atoms with Crippen molar-refractivity contribution in [3.05, 3.63) is 0 Å². The zero-order chi connectivity index (χ0) is 11.8. The number of carboxylic acids is 1. The summed E-state index contributed by atoms with van der Waals surface area (Å²) in [7, 11) is 1.79. The van der Waals surface area contributed by atoms with Crippen LogP contribution in [0.5, 0.6) is 0 Å². The number of likely N-dealkylation sites (N-methyl/N-ethyl adjacent to an activating group) is 1. The van der Waals surface area contributed by atoms with Crippen molar-refractivity contribution in [3.8, 4) is 0 Å². The van der Waals surface area contributed by atoms with E-state index in [1.54, 1.807) is 18.9 Å². The average Bonchev–Trinajstić information content (AvgIpc) is 2.14. The van der Waals surface area contributed by atoms with E-state index >= 15 is 0 Å². The van der Waals surface area contributed by atoms with Gasteiger partial charge in [0.1, 0.15) is 0 Å². The van der Waals surface area contributed by atoms with Gasteiger partial charge in [0.2, 0.25) is 0 Å². The molecule has 0 bridgehead atoms. The van der Waals surface area contributed by atoms with Crippen LogP contribution in [0, 0.1) is 5.92 Å². The van der Waals surface area contributed by atoms with Gasteiger partial charge in [-0.2, -0.15) is 0 Å². The van der Waals surface area contributed by atoms with Gasteiger partial charge in [0.15, 0.2) is 0 Å². The Kier molecular flexibility index (Phi) is 7.29. The van der Waals surface area contributed by atoms with Crippen molar-refractivity contribution in [2.75, 3.05) is 33.4 Å². The average molecular weight is 219 g/mol. The van der Waals surface area contributed by atoms with Crippen LogP contribution in [0.3, 0.4) is 0 Å². The Bertz CT molecular complexity index is 186. The van der Waals surface area contributed by atoms with Gasteiger partial charge in [-0.3, -0.25) is 4.79 Å². The van der Waals surface area contributed by atoms with E-state index in [1.165, 1.54) is 0 Å². The highest BCUT2D eigenvalue weighted by Crippen LogP contribution is 1.99. The molecule has 0 heterocycles. The first-order chi connectivity index (χ1) is 6.97. The van der Waals surface area contributed by atoms with Gasteiger partial charge in [-0.15, -0.1) is 0 Å². The molecule has 0 radical (unpaired) electrons. The van der Waals surface area contributed by atoms with E-state index in [9.17, 15) is 9.90 Å². The van der Waals surface area contributed by atoms with Crippen LogP contribution in [0.25, 0.3) is 0 Å². The quantitative estimate of drug-likeness (QED) is 0.603. The van der Waals surface area contributed by atoms with Gasteiger partial charge in [-0.05, 0) is 14.0 Å². The van der Waals surface area contributed by atoms with E-state index in [4.69, 9.17) is 9.84 Å². The topological polar surface area (TPSA) is 70.0 Å². The number of aliphatic carboxylic acids is 1. The van der Waals surface area contributed by atoms with E-state index in [2.05, 4.69) is 0 Å². The molecule has 0 aromatic carbocycles. The van der Waals surface area contributed by atoms with Crippen LogP contribution in [0.15, 0.2) is 0 Å². The van der Waals surface area contributed by atoms with Crippen molar-refractivity contribution in [3.63, 3.8) is 0 Å². The second kappa shape index (κ2) is 7.62. The molecule has 5 heteroatoms. The Morgan fingerprint density at radius 2 is 2.07 bits per heavy atom. The van der Waals surface area contributed by atoms with Crippen LogP contribution < -0.4 is 0 Å². The number of nitrogens with zero attached hydrogens (tertiary/aromatic N) is 1. The zero-order valence-electron chi connectivity index (χ0n) is 9.64. The number of aliphatic hydroxyl groups excluding tert-OH is 1. The molecule has 0 saturated carbocycles. The first-order valence-corrected chi connectivity index (χ1v) is 5.14. The summed E-state index contributed by atoms with van der Waals surface area (Å²) < 4.78 is 5.06. The van der Waals surface area contributed by atoms with E-state index in [0.29, 0.717) is 26.3 Å². The Labute approximate surface area is 90.6 Å². The maximum Gasteiger partial charge on any atom is 0.307 e. The van der Waals surface area contributed by atoms with E-state index in [0.717, 1.165) is 0 Å². The molecule has 0 fully saturated rings. The van der Waals surface area contributed by atoms with E-state index in [-0.39, 0.29) is 0 Å². The summed E-state index contributed by atoms with van der Waals surface area (Å²) in [5, 5.41) is 18.2. The Morgan fingerprint density at radius 3 is 2.53 bits per heavy atom. The van der Waals surface area contributed by atoms with Crippen molar-refractivity contribution in [1.82, 2.24) is 4.90 Å². The summed E-state index contributed by atoms with van der Waals surface area (Å²) >= 11 is 0. The Morgan fingerprint density at radius 1 is 1.47 bits per heavy atom. The molecule has 0 aromatic heterocycles. The zero-order valence-corrected chi connectivity index (χ0v) is 9.64. The number of rotatable bonds is 8. The standard InChI is InChI=1S/C10H21NO4/c1-4-15-7-9(12)6-11(3)5-8(2)10(13)14/h8-9,12H,4-7H2,1-3H3,(H,13,14). The van der Waals surface area contributed by atoms with Gasteiger partial charge in [-0.1, -0.05) is 6.92 Å². The highest BCUT2D eigenvalue weighted by Gasteiger charge is 2.15. The largest absolute Gasteiger partial charge is 0.481 e. The molecule has 0 aliphatic heterocycles. The van der Waals surface area contributed by atoms with Gasteiger partial charge in [0, 0.05) is 19.7 Å². The lowest BCUT2D eigenvalue weighted by Crippen LogP contribution is -2.36. The monoisotopic (exact) mass is 219 g/mol. The molecule has 2 atom stereocenters. The molecule has 0 saturated heterocycles. The van der Waals surface area contributed by atoms with Gasteiger partial charge in [0.25, 0.3) is 0 Å². The molecule has 2 unspecified atom stereocenters. The molecule has 0 spiro atoms. The van der Waals surface area contributed by atoms with E-state index in [1.807, 2.05) is 6.92 Å². The maximum atomic E-state index is 10.6. The highest BCUT2D eigenvalue weighted by molar-refractivity contribution is 5.69. The fourth-order valence-corrected chi connectivity index (χ4v) is 1.29. The molecule has 0 aliphatic carbocycles. The molecule has 15 heavy (non-hydrogen) atoms. The minimum atomic E-state index is -0.818. The molecule has 0 rings (SSSR count). The van der Waals surface area contributed by atoms with Crippen LogP contribution in [0.2, 0.25) is 0 Å². The third kappa shape index (κ3) is 7.30. The Hall–Kier alpha value is -0.650. The fraction of sp³-hybridized carbons (Fsp3) is 0.900. The van der Waals surface area contributed by atoms with Crippen LogP contribution >= 0.6 is 0 Å². The van der Waals surface area contributed by atoms with Gasteiger partial charge in [-0.25, -0.2) is 0 Å². The van der Waals surface area contributed by atoms with Crippen LogP contribution in [-0.2, 0) is 9.53 Å². The predicted octanol–water partition coefficient (Wildman–Crippen LogP) is 0.0363. The number of carboxylic acid groups (broad SMARTS) is 1. The number of hydrogen-bond donors (Lipinski definition) is 2. The minimum absolute atomic E-state index is 0.294. The summed E-state index contributed by atoms with van der Waals surface area (Å²) in [6, 6.07) is 0. The molecular formula is C10H21NO4. The Balaban J connectivity index is 3.72. The van der Waals surface area contributed by atoms with Crippen molar-refractivity contribution >= 4 is 5.97 Å². The van der Waals surface area contributed by atoms with E-state index < -0.39 is 18.0 Å². The lowest BCUT2D eigenvalue weighted by Gasteiger charge is -2.21. The third-order valence-corrected chi connectivity index (χ3v) is 2.04. The van der Waals surface area contributed by atoms with Crippen LogP contribution in [0.1, 0.15) is 13.8 Å². The van der Waals surface area contributed by atoms with Crippen molar-refractivity contribution in [1.29, 1.82) is 0 Å². The molecule has 2 N–H and O–H groups in total. The second-order valence-corrected chi connectivity index (χ2v) is 3.77. The van der Waals surface area contributed by atoms with Crippen molar-refractivity contribution in [2.24, 2.45) is 5.92 Å². The summed E-state index contributed by atoms with van der Waals surface area (Å²) in [5.74, 6) is -1.24. The van der Waals surface area contributed by atoms with Crippen LogP contribution in [-0.4, -0.2) is 60.5 Å². The fourth-order valence-electron chi connectivity index (χ4n) is 1.29. The predicted molar refractivity (Wildman–Crippen MR) is 56.8 cm³/mol. The summed E-state index contributed by atoms with van der Waals surface area (Å²) in [6.45, 7) is 5.24. The number of carbonyl (C=O) groups is 1. The third-order valence-electron chi connectivity index (χ3n) is 2.04. The molecule has 90 valence electrons. The number of aliphatic hydroxyl groups is 1.